The molecule has 1 aliphatic heterocycles. The molecule has 1 atom stereocenters. The molecule has 30 heavy (non-hydrogen) atoms. The second-order valence-corrected chi connectivity index (χ2v) is 10.0. The van der Waals surface area contributed by atoms with Crippen LogP contribution in [0, 0.1) is 12.8 Å². The average Bonchev–Trinajstić information content (AvgIpc) is 3.39. The third-order valence-corrected chi connectivity index (χ3v) is 7.81. The number of thiophene rings is 1. The quantitative estimate of drug-likeness (QED) is 0.586. The average molecular weight is 454 g/mol. The first kappa shape index (κ1) is 22.7. The van der Waals surface area contributed by atoms with Crippen molar-refractivity contribution in [2.75, 3.05) is 33.4 Å². The van der Waals surface area contributed by atoms with Gasteiger partial charge in [0.2, 0.25) is 15.9 Å². The zero-order chi connectivity index (χ0) is 21.6. The third kappa shape index (κ3) is 5.37. The fraction of sp³-hybridized carbons (Fsp3) is 0.500. The number of aromatic nitrogens is 1. The van der Waals surface area contributed by atoms with E-state index in [4.69, 9.17) is 9.26 Å². The summed E-state index contributed by atoms with van der Waals surface area (Å²) >= 11 is 1.54. The molecule has 1 saturated heterocycles. The third-order valence-electron chi connectivity index (χ3n) is 4.95. The van der Waals surface area contributed by atoms with Gasteiger partial charge in [0.05, 0.1) is 5.92 Å². The van der Waals surface area contributed by atoms with Crippen molar-refractivity contribution in [1.82, 2.24) is 14.8 Å². The van der Waals surface area contributed by atoms with Gasteiger partial charge < -0.3 is 14.6 Å². The first-order valence-corrected chi connectivity index (χ1v) is 12.2. The van der Waals surface area contributed by atoms with Crippen LogP contribution in [-0.4, -0.2) is 57.1 Å². The van der Waals surface area contributed by atoms with Crippen LogP contribution in [0.2, 0.25) is 0 Å². The molecule has 0 radical (unpaired) electrons. The van der Waals surface area contributed by atoms with Crippen molar-refractivity contribution in [3.63, 3.8) is 0 Å². The van der Waals surface area contributed by atoms with E-state index in [1.54, 1.807) is 37.5 Å². The second-order valence-electron chi connectivity index (χ2n) is 7.15. The van der Waals surface area contributed by atoms with Gasteiger partial charge in [0.25, 0.3) is 0 Å². The number of nitrogens with one attached hydrogen (secondary N) is 1. The van der Waals surface area contributed by atoms with E-state index in [-0.39, 0.29) is 29.0 Å². The van der Waals surface area contributed by atoms with Gasteiger partial charge in [-0.05, 0) is 49.8 Å². The van der Waals surface area contributed by atoms with Crippen LogP contribution in [0.1, 0.15) is 35.6 Å². The molecule has 3 rings (SSSR count). The Morgan fingerprint density at radius 1 is 1.47 bits per heavy atom. The van der Waals surface area contributed by atoms with Gasteiger partial charge in [-0.15, -0.1) is 11.3 Å². The fourth-order valence-corrected chi connectivity index (χ4v) is 5.81. The van der Waals surface area contributed by atoms with Crippen LogP contribution in [0.5, 0.6) is 0 Å². The molecule has 1 fully saturated rings. The summed E-state index contributed by atoms with van der Waals surface area (Å²) in [4.78, 5) is 13.5. The van der Waals surface area contributed by atoms with E-state index in [1.165, 1.54) is 4.31 Å². The first-order chi connectivity index (χ1) is 14.4. The number of amides is 1. The molecular weight excluding hydrogens is 426 g/mol. The standard InChI is InChI=1S/C20H27N3O5S2/c1-15-19(18(28-22-15)9-8-17-7-4-13-29-17)30(25,26)23-11-3-6-16(14-23)20(24)21-10-5-12-27-2/h4,7-9,13,16H,3,5-6,10-12,14H2,1-2H3,(H,21,24)/b9-8+/t16-/m1/s1. The molecule has 3 heterocycles. The second kappa shape index (κ2) is 10.3. The van der Waals surface area contributed by atoms with E-state index in [0.717, 1.165) is 11.3 Å². The van der Waals surface area contributed by atoms with Gasteiger partial charge in [-0.3, -0.25) is 4.79 Å². The van der Waals surface area contributed by atoms with Crippen molar-refractivity contribution in [2.45, 2.75) is 31.1 Å². The molecular formula is C20H27N3O5S2. The number of rotatable bonds is 9. The molecule has 164 valence electrons. The first-order valence-electron chi connectivity index (χ1n) is 9.88. The maximum atomic E-state index is 13.4. The number of carbonyl (C=O) groups excluding carboxylic acids is 1. The summed E-state index contributed by atoms with van der Waals surface area (Å²) in [6.07, 6.45) is 5.44. The number of hydrogen-bond acceptors (Lipinski definition) is 7. The minimum atomic E-state index is -3.84. The van der Waals surface area contributed by atoms with E-state index >= 15 is 0 Å². The van der Waals surface area contributed by atoms with Crippen LogP contribution in [-0.2, 0) is 19.6 Å². The van der Waals surface area contributed by atoms with Crippen LogP contribution in [0.25, 0.3) is 12.2 Å². The van der Waals surface area contributed by atoms with E-state index in [1.807, 2.05) is 17.5 Å². The van der Waals surface area contributed by atoms with Crippen molar-refractivity contribution in [2.24, 2.45) is 5.92 Å². The number of piperidine rings is 1. The molecule has 0 spiro atoms. The minimum Gasteiger partial charge on any atom is -0.385 e. The maximum absolute atomic E-state index is 13.4. The van der Waals surface area contributed by atoms with Crippen LogP contribution in [0.4, 0.5) is 0 Å². The molecule has 1 aliphatic rings. The van der Waals surface area contributed by atoms with Crippen LogP contribution in [0.3, 0.4) is 0 Å². The van der Waals surface area contributed by atoms with E-state index in [0.29, 0.717) is 38.2 Å². The Morgan fingerprint density at radius 3 is 3.03 bits per heavy atom. The Hall–Kier alpha value is -2.01. The number of ether oxygens (including phenoxy) is 1. The molecule has 8 nitrogen and oxygen atoms in total. The Bertz CT molecular complexity index is 967. The highest BCUT2D eigenvalue weighted by molar-refractivity contribution is 7.89. The minimum absolute atomic E-state index is 0.0662. The summed E-state index contributed by atoms with van der Waals surface area (Å²) in [5.41, 5.74) is 0.312. The van der Waals surface area contributed by atoms with Gasteiger partial charge in [-0.2, -0.15) is 4.31 Å². The van der Waals surface area contributed by atoms with Crippen molar-refractivity contribution >= 4 is 39.4 Å². The number of hydrogen-bond donors (Lipinski definition) is 1. The van der Waals surface area contributed by atoms with Crippen LogP contribution < -0.4 is 5.32 Å². The van der Waals surface area contributed by atoms with Gasteiger partial charge in [-0.1, -0.05) is 11.2 Å². The summed E-state index contributed by atoms with van der Waals surface area (Å²) in [7, 11) is -2.22. The number of nitrogens with zero attached hydrogens (tertiary/aromatic N) is 2. The van der Waals surface area contributed by atoms with E-state index in [2.05, 4.69) is 10.5 Å². The summed E-state index contributed by atoms with van der Waals surface area (Å²) in [6, 6.07) is 3.85. The summed E-state index contributed by atoms with van der Waals surface area (Å²) in [5, 5.41) is 8.68. The van der Waals surface area contributed by atoms with Crippen LogP contribution >= 0.6 is 11.3 Å². The molecule has 0 bridgehead atoms. The highest BCUT2D eigenvalue weighted by atomic mass is 32.2. The Balaban J connectivity index is 1.73. The number of sulfonamides is 1. The van der Waals surface area contributed by atoms with Gasteiger partial charge in [0.15, 0.2) is 10.7 Å². The van der Waals surface area contributed by atoms with Gasteiger partial charge in [-0.25, -0.2) is 8.42 Å². The van der Waals surface area contributed by atoms with E-state index < -0.39 is 10.0 Å². The summed E-state index contributed by atoms with van der Waals surface area (Å²) in [5.74, 6) is -0.292. The molecule has 1 amide bonds. The zero-order valence-electron chi connectivity index (χ0n) is 17.2. The molecule has 2 aromatic rings. The smallest absolute Gasteiger partial charge is 0.248 e. The van der Waals surface area contributed by atoms with Gasteiger partial charge >= 0.3 is 0 Å². The predicted octanol–water partition coefficient (Wildman–Crippen LogP) is 2.77. The van der Waals surface area contributed by atoms with E-state index in [9.17, 15) is 13.2 Å². The summed E-state index contributed by atoms with van der Waals surface area (Å²) in [6.45, 7) is 3.22. The van der Waals surface area contributed by atoms with Crippen molar-refractivity contribution in [3.05, 3.63) is 33.8 Å². The molecule has 0 unspecified atom stereocenters. The molecule has 2 aromatic heterocycles. The largest absolute Gasteiger partial charge is 0.385 e. The fourth-order valence-electron chi connectivity index (χ4n) is 3.42. The topological polar surface area (TPSA) is 102 Å². The maximum Gasteiger partial charge on any atom is 0.248 e. The predicted molar refractivity (Wildman–Crippen MR) is 115 cm³/mol. The molecule has 0 saturated carbocycles. The number of methoxy groups -OCH3 is 1. The van der Waals surface area contributed by atoms with Crippen molar-refractivity contribution < 1.29 is 22.5 Å². The lowest BCUT2D eigenvalue weighted by Crippen LogP contribution is -2.45. The summed E-state index contributed by atoms with van der Waals surface area (Å²) < 4.78 is 38.4. The normalized spacial score (nSPS) is 18.1. The van der Waals surface area contributed by atoms with Crippen molar-refractivity contribution in [1.29, 1.82) is 0 Å². The lowest BCUT2D eigenvalue weighted by atomic mass is 9.99. The number of carbonyl (C=O) groups is 1. The number of aryl methyl sites for hydroxylation is 1. The molecule has 1 N–H and O–H groups in total. The molecule has 10 heteroatoms. The molecule has 0 aliphatic carbocycles. The highest BCUT2D eigenvalue weighted by Crippen LogP contribution is 2.29. The molecule has 0 aromatic carbocycles. The highest BCUT2D eigenvalue weighted by Gasteiger charge is 2.36. The lowest BCUT2D eigenvalue weighted by molar-refractivity contribution is -0.126. The van der Waals surface area contributed by atoms with Gasteiger partial charge in [0.1, 0.15) is 5.69 Å². The SMILES string of the molecule is COCCCNC(=O)[C@@H]1CCCN(S(=O)(=O)c2c(C)noc2/C=C/c2cccs2)C1. The Morgan fingerprint density at radius 2 is 2.30 bits per heavy atom. The van der Waals surface area contributed by atoms with Crippen molar-refractivity contribution in [3.8, 4) is 0 Å². The monoisotopic (exact) mass is 453 g/mol. The lowest BCUT2D eigenvalue weighted by Gasteiger charge is -2.31. The van der Waals surface area contributed by atoms with Crippen LogP contribution in [0.15, 0.2) is 26.9 Å². The Labute approximate surface area is 180 Å². The van der Waals surface area contributed by atoms with Gasteiger partial charge in [0, 0.05) is 38.2 Å². The Kier molecular flexibility index (Phi) is 7.81. The zero-order valence-corrected chi connectivity index (χ0v) is 18.8.